The van der Waals surface area contributed by atoms with Crippen LogP contribution < -0.4 is 4.74 Å². The fourth-order valence-corrected chi connectivity index (χ4v) is 2.59. The number of hydrogen-bond acceptors (Lipinski definition) is 2. The molecule has 1 N–H and O–H groups in total. The molecule has 0 aliphatic heterocycles. The highest BCUT2D eigenvalue weighted by molar-refractivity contribution is 7.71. The smallest absolute Gasteiger partial charge is 0.142 e. The molecule has 1 aromatic carbocycles. The molecule has 0 atom stereocenters. The van der Waals surface area contributed by atoms with Crippen LogP contribution >= 0.6 is 12.2 Å². The molecular formula is C14H17NOS. The normalized spacial score (nSPS) is 10.8. The lowest BCUT2D eigenvalue weighted by Gasteiger charge is -2.11. The first-order valence-corrected chi connectivity index (χ1v) is 6.28. The molecule has 3 heteroatoms. The number of fused-ring (bicyclic) bond motifs is 1. The summed E-state index contributed by atoms with van der Waals surface area (Å²) in [6.07, 6.45) is 2.13. The molecule has 0 unspecified atom stereocenters. The highest BCUT2D eigenvalue weighted by atomic mass is 32.1. The Morgan fingerprint density at radius 1 is 1.35 bits per heavy atom. The number of benzene rings is 1. The van der Waals surface area contributed by atoms with Gasteiger partial charge in [-0.25, -0.2) is 0 Å². The number of H-pyrrole nitrogens is 1. The molecule has 2 rings (SSSR count). The topological polar surface area (TPSA) is 25.0 Å². The van der Waals surface area contributed by atoms with Gasteiger partial charge >= 0.3 is 0 Å². The third-order valence-electron chi connectivity index (χ3n) is 3.03. The summed E-state index contributed by atoms with van der Waals surface area (Å²) >= 11 is 5.58. The fraction of sp³-hybridized carbons (Fsp3) is 0.357. The summed E-state index contributed by atoms with van der Waals surface area (Å²) in [5, 5.41) is 1.08. The Kier molecular flexibility index (Phi) is 3.48. The maximum atomic E-state index is 5.58. The Morgan fingerprint density at radius 2 is 2.12 bits per heavy atom. The van der Waals surface area contributed by atoms with Crippen molar-refractivity contribution in [2.45, 2.75) is 26.7 Å². The number of aromatic amines is 1. The van der Waals surface area contributed by atoms with Gasteiger partial charge < -0.3 is 9.72 Å². The van der Waals surface area contributed by atoms with E-state index in [1.807, 2.05) is 12.1 Å². The number of para-hydroxylation sites is 1. The van der Waals surface area contributed by atoms with E-state index >= 15 is 0 Å². The number of ether oxygens (including phenoxy) is 1. The molecule has 0 bridgehead atoms. The molecule has 0 spiro atoms. The average molecular weight is 247 g/mol. The fourth-order valence-electron chi connectivity index (χ4n) is 2.17. The van der Waals surface area contributed by atoms with Crippen LogP contribution in [0.5, 0.6) is 5.75 Å². The Bertz CT molecular complexity index is 601. The number of pyridine rings is 1. The molecule has 0 saturated heterocycles. The summed E-state index contributed by atoms with van der Waals surface area (Å²) < 4.78 is 6.32. The zero-order valence-electron chi connectivity index (χ0n) is 10.5. The third-order valence-corrected chi connectivity index (χ3v) is 3.50. The first kappa shape index (κ1) is 12.1. The van der Waals surface area contributed by atoms with Gasteiger partial charge in [-0.3, -0.25) is 0 Å². The maximum absolute atomic E-state index is 5.58. The van der Waals surface area contributed by atoms with Gasteiger partial charge in [0.15, 0.2) is 0 Å². The van der Waals surface area contributed by atoms with Gasteiger partial charge in [-0.05, 0) is 25.0 Å². The van der Waals surface area contributed by atoms with Crippen molar-refractivity contribution in [2.75, 3.05) is 7.11 Å². The van der Waals surface area contributed by atoms with Gasteiger partial charge in [0.05, 0.1) is 17.1 Å². The van der Waals surface area contributed by atoms with E-state index in [1.165, 1.54) is 5.56 Å². The van der Waals surface area contributed by atoms with Crippen LogP contribution in [0.2, 0.25) is 0 Å². The summed E-state index contributed by atoms with van der Waals surface area (Å²) in [4.78, 5) is 3.41. The van der Waals surface area contributed by atoms with Crippen LogP contribution in [0.1, 0.15) is 24.6 Å². The van der Waals surface area contributed by atoms with Crippen molar-refractivity contribution in [3.63, 3.8) is 0 Å². The van der Waals surface area contributed by atoms with Crippen LogP contribution in [0.15, 0.2) is 18.2 Å². The van der Waals surface area contributed by atoms with Crippen molar-refractivity contribution >= 4 is 23.1 Å². The molecule has 17 heavy (non-hydrogen) atoms. The Morgan fingerprint density at radius 3 is 2.76 bits per heavy atom. The number of nitrogens with one attached hydrogen (secondary N) is 1. The van der Waals surface area contributed by atoms with E-state index in [4.69, 9.17) is 17.0 Å². The lowest BCUT2D eigenvalue weighted by atomic mass is 10.1. The highest BCUT2D eigenvalue weighted by Crippen LogP contribution is 2.27. The molecule has 0 amide bonds. The maximum Gasteiger partial charge on any atom is 0.142 e. The van der Waals surface area contributed by atoms with Gasteiger partial charge in [-0.1, -0.05) is 37.7 Å². The molecule has 0 saturated carbocycles. The zero-order valence-corrected chi connectivity index (χ0v) is 11.3. The quantitative estimate of drug-likeness (QED) is 0.823. The largest absolute Gasteiger partial charge is 0.495 e. The van der Waals surface area contributed by atoms with E-state index in [1.54, 1.807) is 7.11 Å². The zero-order chi connectivity index (χ0) is 12.4. The predicted molar refractivity (Wildman–Crippen MR) is 74.4 cm³/mol. The van der Waals surface area contributed by atoms with Crippen LogP contribution in [0.3, 0.4) is 0 Å². The molecule has 1 heterocycles. The summed E-state index contributed by atoms with van der Waals surface area (Å²) in [7, 11) is 1.68. The van der Waals surface area contributed by atoms with Crippen molar-refractivity contribution in [3.05, 3.63) is 34.0 Å². The van der Waals surface area contributed by atoms with Crippen molar-refractivity contribution in [1.29, 1.82) is 0 Å². The number of methoxy groups -OCH3 is 1. The Balaban J connectivity index is 2.81. The highest BCUT2D eigenvalue weighted by Gasteiger charge is 2.08. The lowest BCUT2D eigenvalue weighted by Crippen LogP contribution is -1.97. The molecule has 2 nitrogen and oxygen atoms in total. The van der Waals surface area contributed by atoms with Crippen LogP contribution in [0.4, 0.5) is 0 Å². The SMILES string of the molecule is CCCc1c(C)[nH]c2c(OC)cccc2c1=S. The average Bonchev–Trinajstić information content (AvgIpc) is 2.34. The monoisotopic (exact) mass is 247 g/mol. The molecule has 0 radical (unpaired) electrons. The van der Waals surface area contributed by atoms with Crippen molar-refractivity contribution in [2.24, 2.45) is 0 Å². The van der Waals surface area contributed by atoms with E-state index in [9.17, 15) is 0 Å². The molecule has 1 aromatic heterocycles. The molecule has 2 aromatic rings. The Labute approximate surface area is 107 Å². The minimum absolute atomic E-state index is 0.847. The van der Waals surface area contributed by atoms with E-state index in [0.717, 1.165) is 39.7 Å². The second-order valence-corrected chi connectivity index (χ2v) is 4.60. The minimum Gasteiger partial charge on any atom is -0.495 e. The first-order valence-electron chi connectivity index (χ1n) is 5.87. The summed E-state index contributed by atoms with van der Waals surface area (Å²) in [6, 6.07) is 5.98. The third kappa shape index (κ3) is 2.07. The van der Waals surface area contributed by atoms with Gasteiger partial charge in [-0.15, -0.1) is 0 Å². The predicted octanol–water partition coefficient (Wildman–Crippen LogP) is 4.17. The van der Waals surface area contributed by atoms with Gasteiger partial charge in [0.25, 0.3) is 0 Å². The summed E-state index contributed by atoms with van der Waals surface area (Å²) in [5.74, 6) is 0.847. The second kappa shape index (κ2) is 4.88. The lowest BCUT2D eigenvalue weighted by molar-refractivity contribution is 0.419. The van der Waals surface area contributed by atoms with Crippen LogP contribution in [-0.2, 0) is 6.42 Å². The van der Waals surface area contributed by atoms with Gasteiger partial charge in [0.1, 0.15) is 5.75 Å². The number of hydrogen-bond donors (Lipinski definition) is 1. The second-order valence-electron chi connectivity index (χ2n) is 4.19. The van der Waals surface area contributed by atoms with Crippen LogP contribution in [0.25, 0.3) is 10.9 Å². The molecule has 90 valence electrons. The minimum atomic E-state index is 0.847. The molecule has 0 aliphatic rings. The molecular weight excluding hydrogens is 230 g/mol. The van der Waals surface area contributed by atoms with Crippen LogP contribution in [-0.4, -0.2) is 12.1 Å². The van der Waals surface area contributed by atoms with Crippen molar-refractivity contribution in [3.8, 4) is 5.75 Å². The van der Waals surface area contributed by atoms with Crippen molar-refractivity contribution < 1.29 is 4.74 Å². The van der Waals surface area contributed by atoms with E-state index < -0.39 is 0 Å². The standard InChI is InChI=1S/C14H17NOS/c1-4-6-10-9(2)15-13-11(14(10)17)7-5-8-12(13)16-3/h5,7-8H,4,6H2,1-3H3,(H,15,17). The summed E-state index contributed by atoms with van der Waals surface area (Å²) in [5.41, 5.74) is 3.40. The molecule has 0 aliphatic carbocycles. The van der Waals surface area contributed by atoms with Crippen LogP contribution in [0, 0.1) is 11.4 Å². The number of aryl methyl sites for hydroxylation is 1. The van der Waals surface area contributed by atoms with Gasteiger partial charge in [0.2, 0.25) is 0 Å². The Hall–Kier alpha value is -1.35. The molecule has 0 fully saturated rings. The van der Waals surface area contributed by atoms with Gasteiger partial charge in [0, 0.05) is 11.1 Å². The number of aromatic nitrogens is 1. The van der Waals surface area contributed by atoms with Gasteiger partial charge in [-0.2, -0.15) is 0 Å². The summed E-state index contributed by atoms with van der Waals surface area (Å²) in [6.45, 7) is 4.25. The number of rotatable bonds is 3. The van der Waals surface area contributed by atoms with E-state index in [-0.39, 0.29) is 0 Å². The first-order chi connectivity index (χ1) is 8.19. The van der Waals surface area contributed by atoms with E-state index in [2.05, 4.69) is 24.9 Å². The van der Waals surface area contributed by atoms with E-state index in [0.29, 0.717) is 0 Å². The van der Waals surface area contributed by atoms with Crippen molar-refractivity contribution in [1.82, 2.24) is 4.98 Å².